The molecule has 0 aliphatic rings. The van der Waals surface area contributed by atoms with Crippen molar-refractivity contribution in [3.63, 3.8) is 0 Å². The van der Waals surface area contributed by atoms with Crippen LogP contribution in [0.4, 0.5) is 0 Å². The Kier molecular flexibility index (Phi) is 3.82. The van der Waals surface area contributed by atoms with Crippen LogP contribution < -0.4 is 5.84 Å². The fraction of sp³-hybridized carbons (Fsp3) is 1.00. The van der Waals surface area contributed by atoms with Crippen molar-refractivity contribution in [1.29, 1.82) is 0 Å². The molecule has 0 spiro atoms. The fourth-order valence-electron chi connectivity index (χ4n) is 0.743. The van der Waals surface area contributed by atoms with Crippen molar-refractivity contribution in [3.05, 3.63) is 0 Å². The maximum absolute atomic E-state index is 5.55. The van der Waals surface area contributed by atoms with Gasteiger partial charge in [-0.05, 0) is 12.8 Å². The van der Waals surface area contributed by atoms with Crippen LogP contribution in [0.3, 0.4) is 0 Å². The predicted octanol–water partition coefficient (Wildman–Crippen LogP) is 1.23. The molecule has 0 saturated carbocycles. The summed E-state index contributed by atoms with van der Waals surface area (Å²) in [6.07, 6.45) is 1.20. The number of rotatable bonds is 3. The van der Waals surface area contributed by atoms with E-state index in [4.69, 9.17) is 5.84 Å². The van der Waals surface area contributed by atoms with Crippen molar-refractivity contribution in [2.24, 2.45) is 11.8 Å². The molecule has 2 N–H and O–H groups in total. The van der Waals surface area contributed by atoms with Gasteiger partial charge in [-0.25, -0.2) is 5.01 Å². The maximum Gasteiger partial charge on any atom is 0.0235 e. The topological polar surface area (TPSA) is 29.3 Å². The summed E-state index contributed by atoms with van der Waals surface area (Å²) in [6, 6.07) is 0.495. The first-order valence-corrected chi connectivity index (χ1v) is 3.57. The molecular weight excluding hydrogens is 112 g/mol. The van der Waals surface area contributed by atoms with Crippen molar-refractivity contribution in [2.75, 3.05) is 7.05 Å². The third-order valence-corrected chi connectivity index (χ3v) is 2.11. The van der Waals surface area contributed by atoms with Crippen LogP contribution in [0.5, 0.6) is 0 Å². The Morgan fingerprint density at radius 2 is 1.89 bits per heavy atom. The quantitative estimate of drug-likeness (QED) is 0.460. The van der Waals surface area contributed by atoms with Crippen LogP contribution in [0, 0.1) is 5.92 Å². The Balaban J connectivity index is 3.58. The lowest BCUT2D eigenvalue weighted by atomic mass is 10.0. The van der Waals surface area contributed by atoms with Gasteiger partial charge in [-0.1, -0.05) is 20.3 Å². The first-order valence-electron chi connectivity index (χ1n) is 3.57. The van der Waals surface area contributed by atoms with Gasteiger partial charge in [0.05, 0.1) is 0 Å². The van der Waals surface area contributed by atoms with E-state index in [9.17, 15) is 0 Å². The molecule has 0 radical (unpaired) electrons. The maximum atomic E-state index is 5.55. The van der Waals surface area contributed by atoms with Crippen molar-refractivity contribution >= 4 is 0 Å². The molecule has 2 nitrogen and oxygen atoms in total. The zero-order valence-electron chi connectivity index (χ0n) is 6.89. The second kappa shape index (κ2) is 3.85. The summed E-state index contributed by atoms with van der Waals surface area (Å²) in [7, 11) is 1.91. The molecule has 0 amide bonds. The van der Waals surface area contributed by atoms with Gasteiger partial charge in [-0.15, -0.1) is 0 Å². The molecule has 2 heteroatoms. The largest absolute Gasteiger partial charge is 0.269 e. The van der Waals surface area contributed by atoms with Gasteiger partial charge < -0.3 is 0 Å². The summed E-state index contributed by atoms with van der Waals surface area (Å²) in [5.74, 6) is 6.24. The lowest BCUT2D eigenvalue weighted by molar-refractivity contribution is 0.200. The molecule has 0 saturated heterocycles. The summed E-state index contributed by atoms with van der Waals surface area (Å²) < 4.78 is 0. The van der Waals surface area contributed by atoms with E-state index >= 15 is 0 Å². The van der Waals surface area contributed by atoms with E-state index in [2.05, 4.69) is 20.8 Å². The summed E-state index contributed by atoms with van der Waals surface area (Å²) in [4.78, 5) is 0. The van der Waals surface area contributed by atoms with Gasteiger partial charge in [-0.3, -0.25) is 5.84 Å². The highest BCUT2D eigenvalue weighted by molar-refractivity contribution is 4.64. The molecule has 2 atom stereocenters. The molecule has 0 heterocycles. The Morgan fingerprint density at radius 3 is 2.00 bits per heavy atom. The van der Waals surface area contributed by atoms with Gasteiger partial charge in [0.25, 0.3) is 0 Å². The summed E-state index contributed by atoms with van der Waals surface area (Å²) in [6.45, 7) is 6.55. The Bertz CT molecular complexity index is 71.3. The number of hydrogen-bond donors (Lipinski definition) is 1. The Morgan fingerprint density at radius 1 is 1.44 bits per heavy atom. The van der Waals surface area contributed by atoms with Crippen LogP contribution in [-0.2, 0) is 0 Å². The lowest BCUT2D eigenvalue weighted by Gasteiger charge is -2.24. The smallest absolute Gasteiger partial charge is 0.0235 e. The van der Waals surface area contributed by atoms with Gasteiger partial charge >= 0.3 is 0 Å². The SMILES string of the molecule is CCC(C)C(C)N(C)N. The minimum absolute atomic E-state index is 0.495. The van der Waals surface area contributed by atoms with Crippen molar-refractivity contribution in [3.8, 4) is 0 Å². The summed E-state index contributed by atoms with van der Waals surface area (Å²) in [5, 5.41) is 1.77. The number of nitrogens with two attached hydrogens (primary N) is 1. The minimum atomic E-state index is 0.495. The first-order chi connectivity index (χ1) is 4.09. The monoisotopic (exact) mass is 130 g/mol. The molecule has 56 valence electrons. The third kappa shape index (κ3) is 2.82. The molecule has 2 unspecified atom stereocenters. The highest BCUT2D eigenvalue weighted by atomic mass is 15.4. The lowest BCUT2D eigenvalue weighted by Crippen LogP contribution is -2.39. The van der Waals surface area contributed by atoms with Crippen LogP contribution in [0.15, 0.2) is 0 Å². The minimum Gasteiger partial charge on any atom is -0.269 e. The average molecular weight is 130 g/mol. The van der Waals surface area contributed by atoms with Gasteiger partial charge in [0.15, 0.2) is 0 Å². The number of nitrogens with zero attached hydrogens (tertiary/aromatic N) is 1. The molecule has 0 aliphatic heterocycles. The molecule has 0 aromatic carbocycles. The number of hydrazine groups is 1. The second-order valence-corrected chi connectivity index (χ2v) is 2.79. The van der Waals surface area contributed by atoms with E-state index in [1.165, 1.54) is 6.42 Å². The van der Waals surface area contributed by atoms with E-state index in [1.54, 1.807) is 5.01 Å². The van der Waals surface area contributed by atoms with Gasteiger partial charge in [0, 0.05) is 13.1 Å². The van der Waals surface area contributed by atoms with Crippen molar-refractivity contribution in [1.82, 2.24) is 5.01 Å². The van der Waals surface area contributed by atoms with Crippen molar-refractivity contribution in [2.45, 2.75) is 33.2 Å². The second-order valence-electron chi connectivity index (χ2n) is 2.79. The zero-order chi connectivity index (χ0) is 7.44. The molecule has 9 heavy (non-hydrogen) atoms. The van der Waals surface area contributed by atoms with E-state index in [0.29, 0.717) is 12.0 Å². The molecule has 0 aromatic heterocycles. The van der Waals surface area contributed by atoms with E-state index in [-0.39, 0.29) is 0 Å². The van der Waals surface area contributed by atoms with E-state index in [0.717, 1.165) is 0 Å². The van der Waals surface area contributed by atoms with Gasteiger partial charge in [0.2, 0.25) is 0 Å². The Labute approximate surface area is 58.0 Å². The normalized spacial score (nSPS) is 18.0. The van der Waals surface area contributed by atoms with Gasteiger partial charge in [0.1, 0.15) is 0 Å². The van der Waals surface area contributed by atoms with Gasteiger partial charge in [-0.2, -0.15) is 0 Å². The van der Waals surface area contributed by atoms with E-state index in [1.807, 2.05) is 7.05 Å². The van der Waals surface area contributed by atoms with Crippen molar-refractivity contribution < 1.29 is 0 Å². The number of hydrogen-bond acceptors (Lipinski definition) is 2. The zero-order valence-corrected chi connectivity index (χ0v) is 6.89. The molecule has 0 aromatic rings. The Hall–Kier alpha value is -0.0800. The predicted molar refractivity (Wildman–Crippen MR) is 40.9 cm³/mol. The molecule has 0 bridgehead atoms. The fourth-order valence-corrected chi connectivity index (χ4v) is 0.743. The van der Waals surface area contributed by atoms with Crippen LogP contribution in [-0.4, -0.2) is 18.1 Å². The molecule has 0 rings (SSSR count). The van der Waals surface area contributed by atoms with Crippen LogP contribution in [0.25, 0.3) is 0 Å². The molecule has 0 aliphatic carbocycles. The first kappa shape index (κ1) is 8.92. The highest BCUT2D eigenvalue weighted by Crippen LogP contribution is 2.09. The summed E-state index contributed by atoms with van der Waals surface area (Å²) in [5.41, 5.74) is 0. The van der Waals surface area contributed by atoms with E-state index < -0.39 is 0 Å². The third-order valence-electron chi connectivity index (χ3n) is 2.11. The van der Waals surface area contributed by atoms with Crippen LogP contribution in [0.2, 0.25) is 0 Å². The standard InChI is InChI=1S/C7H18N2/c1-5-6(2)7(3)9(4)8/h6-7H,5,8H2,1-4H3. The molecular formula is C7H18N2. The van der Waals surface area contributed by atoms with Crippen LogP contribution >= 0.6 is 0 Å². The average Bonchev–Trinajstić information content (AvgIpc) is 1.84. The summed E-state index contributed by atoms with van der Waals surface area (Å²) >= 11 is 0. The molecule has 0 fully saturated rings. The van der Waals surface area contributed by atoms with Crippen LogP contribution in [0.1, 0.15) is 27.2 Å². The highest BCUT2D eigenvalue weighted by Gasteiger charge is 2.11.